The smallest absolute Gasteiger partial charge is 0.348 e. The lowest BCUT2D eigenvalue weighted by molar-refractivity contribution is 0.0442. The fourth-order valence-electron chi connectivity index (χ4n) is 2.77. The third-order valence-corrected chi connectivity index (χ3v) is 5.02. The Labute approximate surface area is 136 Å². The highest BCUT2D eigenvalue weighted by Crippen LogP contribution is 2.39. The number of carbonyl (C=O) groups excluding carboxylic acids is 1. The van der Waals surface area contributed by atoms with Crippen LogP contribution in [0.1, 0.15) is 32.6 Å². The summed E-state index contributed by atoms with van der Waals surface area (Å²) in [5.74, 6) is 0.416. The molecule has 6 heteroatoms. The third-order valence-electron chi connectivity index (χ3n) is 3.83. The van der Waals surface area contributed by atoms with Crippen LogP contribution in [-0.2, 0) is 24.2 Å². The van der Waals surface area contributed by atoms with Crippen molar-refractivity contribution in [1.82, 2.24) is 10.2 Å². The van der Waals surface area contributed by atoms with Gasteiger partial charge in [-0.25, -0.2) is 4.79 Å². The van der Waals surface area contributed by atoms with E-state index in [-0.39, 0.29) is 12.6 Å². The Kier molecular flexibility index (Phi) is 3.46. The molecule has 3 aromatic rings. The van der Waals surface area contributed by atoms with Crippen molar-refractivity contribution in [3.05, 3.63) is 58.1 Å². The minimum atomic E-state index is -0.349. The second-order valence-corrected chi connectivity index (χ2v) is 6.47. The molecule has 1 aromatic carbocycles. The van der Waals surface area contributed by atoms with Gasteiger partial charge in [0.2, 0.25) is 5.89 Å². The molecule has 23 heavy (non-hydrogen) atoms. The number of carbonyl (C=O) groups is 1. The van der Waals surface area contributed by atoms with Gasteiger partial charge in [-0.15, -0.1) is 21.5 Å². The zero-order valence-corrected chi connectivity index (χ0v) is 13.4. The van der Waals surface area contributed by atoms with Crippen molar-refractivity contribution in [2.75, 3.05) is 0 Å². The van der Waals surface area contributed by atoms with E-state index in [0.717, 1.165) is 12.8 Å². The molecule has 1 aliphatic rings. The lowest BCUT2D eigenvalue weighted by atomic mass is 9.91. The number of benzene rings is 1. The SMILES string of the molecule is Cc1nnc(COC(=O)c2cc3c(s2)-c2ccccc2CC3)o1. The molecule has 0 saturated carbocycles. The first-order valence-corrected chi connectivity index (χ1v) is 8.19. The van der Waals surface area contributed by atoms with E-state index < -0.39 is 0 Å². The Hall–Kier alpha value is -2.47. The fraction of sp³-hybridized carbons (Fsp3) is 0.235. The zero-order chi connectivity index (χ0) is 15.8. The average Bonchev–Trinajstić information content (AvgIpc) is 3.18. The number of hydrogen-bond acceptors (Lipinski definition) is 6. The molecule has 0 spiro atoms. The van der Waals surface area contributed by atoms with Crippen LogP contribution in [0.4, 0.5) is 0 Å². The van der Waals surface area contributed by atoms with Crippen molar-refractivity contribution in [2.24, 2.45) is 0 Å². The van der Waals surface area contributed by atoms with Crippen LogP contribution in [0.15, 0.2) is 34.7 Å². The van der Waals surface area contributed by atoms with Crippen LogP contribution in [0.5, 0.6) is 0 Å². The normalized spacial score (nSPS) is 12.6. The quantitative estimate of drug-likeness (QED) is 0.689. The minimum Gasteiger partial charge on any atom is -0.451 e. The maximum absolute atomic E-state index is 12.3. The van der Waals surface area contributed by atoms with Crippen molar-refractivity contribution in [2.45, 2.75) is 26.4 Å². The number of hydrogen-bond donors (Lipinski definition) is 0. The molecular weight excluding hydrogens is 312 g/mol. The van der Waals surface area contributed by atoms with E-state index in [2.05, 4.69) is 28.4 Å². The van der Waals surface area contributed by atoms with E-state index in [9.17, 15) is 4.79 Å². The van der Waals surface area contributed by atoms with Gasteiger partial charge in [-0.2, -0.15) is 0 Å². The molecule has 0 unspecified atom stereocenters. The summed E-state index contributed by atoms with van der Waals surface area (Å²) in [5.41, 5.74) is 3.78. The van der Waals surface area contributed by atoms with Crippen LogP contribution in [-0.4, -0.2) is 16.2 Å². The van der Waals surface area contributed by atoms with E-state index in [1.807, 2.05) is 12.1 Å². The van der Waals surface area contributed by atoms with Crippen LogP contribution in [0.25, 0.3) is 10.4 Å². The van der Waals surface area contributed by atoms with E-state index >= 15 is 0 Å². The lowest BCUT2D eigenvalue weighted by Gasteiger charge is -2.15. The van der Waals surface area contributed by atoms with Gasteiger partial charge in [-0.05, 0) is 35.6 Å². The van der Waals surface area contributed by atoms with E-state index in [4.69, 9.17) is 9.15 Å². The van der Waals surface area contributed by atoms with Crippen LogP contribution < -0.4 is 0 Å². The summed E-state index contributed by atoms with van der Waals surface area (Å²) in [5, 5.41) is 7.53. The maximum atomic E-state index is 12.3. The summed E-state index contributed by atoms with van der Waals surface area (Å²) in [6.07, 6.45) is 1.97. The second kappa shape index (κ2) is 5.62. The van der Waals surface area contributed by atoms with Gasteiger partial charge in [0, 0.05) is 11.8 Å². The van der Waals surface area contributed by atoms with Gasteiger partial charge in [0.05, 0.1) is 0 Å². The van der Waals surface area contributed by atoms with E-state index in [1.165, 1.54) is 32.9 Å². The number of ether oxygens (including phenoxy) is 1. The first-order chi connectivity index (χ1) is 11.2. The molecule has 0 aliphatic heterocycles. The molecule has 0 bridgehead atoms. The van der Waals surface area contributed by atoms with Crippen LogP contribution in [0.3, 0.4) is 0 Å². The molecular formula is C17H14N2O3S. The van der Waals surface area contributed by atoms with Crippen molar-refractivity contribution in [3.63, 3.8) is 0 Å². The predicted octanol–water partition coefficient (Wildman–Crippen LogP) is 3.56. The highest BCUT2D eigenvalue weighted by atomic mass is 32.1. The lowest BCUT2D eigenvalue weighted by Crippen LogP contribution is -2.03. The number of fused-ring (bicyclic) bond motifs is 3. The number of thiophene rings is 1. The largest absolute Gasteiger partial charge is 0.451 e. The molecule has 5 nitrogen and oxygen atoms in total. The summed E-state index contributed by atoms with van der Waals surface area (Å²) >= 11 is 1.49. The molecule has 2 heterocycles. The summed E-state index contributed by atoms with van der Waals surface area (Å²) in [4.78, 5) is 14.0. The average molecular weight is 326 g/mol. The van der Waals surface area contributed by atoms with Gasteiger partial charge in [0.15, 0.2) is 6.61 Å². The Morgan fingerprint density at radius 1 is 1.26 bits per heavy atom. The van der Waals surface area contributed by atoms with Crippen molar-refractivity contribution in [1.29, 1.82) is 0 Å². The van der Waals surface area contributed by atoms with Crippen LogP contribution in [0.2, 0.25) is 0 Å². The van der Waals surface area contributed by atoms with Crippen LogP contribution >= 0.6 is 11.3 Å². The Balaban J connectivity index is 1.55. The molecule has 2 aromatic heterocycles. The van der Waals surface area contributed by atoms with Crippen molar-refractivity contribution < 1.29 is 13.9 Å². The summed E-state index contributed by atoms with van der Waals surface area (Å²) in [6, 6.07) is 10.3. The standard InChI is InChI=1S/C17H14N2O3S/c1-10-18-19-15(22-10)9-21-17(20)14-8-12-7-6-11-4-2-3-5-13(11)16(12)23-14/h2-5,8H,6-7,9H2,1H3. The molecule has 0 saturated heterocycles. The minimum absolute atomic E-state index is 0.00116. The van der Waals surface area contributed by atoms with Gasteiger partial charge in [0.1, 0.15) is 4.88 Å². The van der Waals surface area contributed by atoms with Gasteiger partial charge in [-0.1, -0.05) is 24.3 Å². The first kappa shape index (κ1) is 14.1. The predicted molar refractivity (Wildman–Crippen MR) is 85.3 cm³/mol. The number of nitrogens with zero attached hydrogens (tertiary/aromatic N) is 2. The monoisotopic (exact) mass is 326 g/mol. The second-order valence-electron chi connectivity index (χ2n) is 5.41. The molecule has 0 atom stereocenters. The maximum Gasteiger partial charge on any atom is 0.348 e. The molecule has 0 amide bonds. The first-order valence-electron chi connectivity index (χ1n) is 7.38. The summed E-state index contributed by atoms with van der Waals surface area (Å²) in [7, 11) is 0. The highest BCUT2D eigenvalue weighted by Gasteiger charge is 2.22. The molecule has 0 fully saturated rings. The Bertz CT molecular complexity index is 882. The number of aryl methyl sites for hydroxylation is 3. The zero-order valence-electron chi connectivity index (χ0n) is 12.5. The van der Waals surface area contributed by atoms with E-state index in [1.54, 1.807) is 6.92 Å². The van der Waals surface area contributed by atoms with Crippen molar-refractivity contribution >= 4 is 17.3 Å². The Morgan fingerprint density at radius 2 is 2.09 bits per heavy atom. The van der Waals surface area contributed by atoms with Crippen molar-refractivity contribution in [3.8, 4) is 10.4 Å². The molecule has 4 rings (SSSR count). The third kappa shape index (κ3) is 2.66. The number of rotatable bonds is 3. The van der Waals surface area contributed by atoms with Gasteiger partial charge in [-0.3, -0.25) is 0 Å². The van der Waals surface area contributed by atoms with E-state index in [0.29, 0.717) is 16.7 Å². The summed E-state index contributed by atoms with van der Waals surface area (Å²) in [6.45, 7) is 1.70. The molecule has 0 radical (unpaired) electrons. The molecule has 116 valence electrons. The van der Waals surface area contributed by atoms with Crippen LogP contribution in [0, 0.1) is 6.92 Å². The summed E-state index contributed by atoms with van der Waals surface area (Å²) < 4.78 is 10.5. The Morgan fingerprint density at radius 3 is 2.91 bits per heavy atom. The topological polar surface area (TPSA) is 65.2 Å². The van der Waals surface area contributed by atoms with Gasteiger partial charge >= 0.3 is 5.97 Å². The van der Waals surface area contributed by atoms with Gasteiger partial charge < -0.3 is 9.15 Å². The fourth-order valence-corrected chi connectivity index (χ4v) is 3.93. The number of aromatic nitrogens is 2. The molecule has 1 aliphatic carbocycles. The number of esters is 1. The highest BCUT2D eigenvalue weighted by molar-refractivity contribution is 7.17. The molecule has 0 N–H and O–H groups in total. The van der Waals surface area contributed by atoms with Gasteiger partial charge in [0.25, 0.3) is 5.89 Å².